The van der Waals surface area contributed by atoms with Crippen molar-refractivity contribution in [3.05, 3.63) is 162 Å². The highest BCUT2D eigenvalue weighted by molar-refractivity contribution is 7.17. The van der Waals surface area contributed by atoms with Crippen LogP contribution in [0.4, 0.5) is 0 Å². The summed E-state index contributed by atoms with van der Waals surface area (Å²) < 4.78 is 0. The molecule has 0 amide bonds. The summed E-state index contributed by atoms with van der Waals surface area (Å²) in [5.74, 6) is -0.426. The first-order valence-corrected chi connectivity index (χ1v) is 30.8. The van der Waals surface area contributed by atoms with Gasteiger partial charge < -0.3 is 5.11 Å². The third-order valence-electron chi connectivity index (χ3n) is 16.6. The van der Waals surface area contributed by atoms with Gasteiger partial charge in [0.15, 0.2) is 17.3 Å². The maximum absolute atomic E-state index is 13.7. The Bertz CT molecular complexity index is 2990. The quantitative estimate of drug-likeness (QED) is 0.0302. The van der Waals surface area contributed by atoms with E-state index in [1.54, 1.807) is 34.8 Å². The van der Waals surface area contributed by atoms with Gasteiger partial charge in [0.05, 0.1) is 5.57 Å². The lowest BCUT2D eigenvalue weighted by Crippen LogP contribution is -2.25. The highest BCUT2D eigenvalue weighted by atomic mass is 32.1. The van der Waals surface area contributed by atoms with Crippen molar-refractivity contribution < 1.29 is 19.5 Å². The molecule has 75 heavy (non-hydrogen) atoms. The smallest absolute Gasteiger partial charge is 0.197 e. The molecule has 1 N–H and O–H groups in total. The lowest BCUT2D eigenvalue weighted by molar-refractivity contribution is 0.0986. The monoisotopic (exact) mass is 1040 g/mol. The molecule has 6 heteroatoms. The molecule has 0 spiro atoms. The van der Waals surface area contributed by atoms with Crippen molar-refractivity contribution in [2.24, 2.45) is 0 Å². The normalized spacial score (nSPS) is 15.8. The lowest BCUT2D eigenvalue weighted by atomic mass is 9.70. The summed E-state index contributed by atoms with van der Waals surface area (Å²) in [5, 5.41) is 11.4. The number of thiophene rings is 2. The fourth-order valence-corrected chi connectivity index (χ4v) is 14.8. The second-order valence-corrected chi connectivity index (χ2v) is 24.1. The van der Waals surface area contributed by atoms with Gasteiger partial charge in [-0.05, 0) is 125 Å². The van der Waals surface area contributed by atoms with E-state index >= 15 is 0 Å². The summed E-state index contributed by atoms with van der Waals surface area (Å²) in [5.41, 5.74) is 13.6. The molecule has 4 aromatic carbocycles. The van der Waals surface area contributed by atoms with Gasteiger partial charge in [-0.15, -0.1) is 22.7 Å². The number of carbonyl (C=O) groups excluding carboxylic acids is 3. The summed E-state index contributed by atoms with van der Waals surface area (Å²) in [6.45, 7) is 9.13. The van der Waals surface area contributed by atoms with Crippen molar-refractivity contribution in [2.45, 2.75) is 193 Å². The third kappa shape index (κ3) is 11.8. The van der Waals surface area contributed by atoms with Crippen LogP contribution >= 0.6 is 22.7 Å². The average molecular weight is 1040 g/mol. The summed E-state index contributed by atoms with van der Waals surface area (Å²) in [4.78, 5) is 45.6. The molecule has 0 radical (unpaired) electrons. The van der Waals surface area contributed by atoms with Crippen LogP contribution in [0.3, 0.4) is 0 Å². The number of carbonyl (C=O) groups is 3. The van der Waals surface area contributed by atoms with E-state index < -0.39 is 6.10 Å². The number of Topliss-reactive ketones (excluding diaryl/α,β-unsaturated/α-hetero) is 3. The SMILES string of the molecule is CCCCCCCCC1(CCCCCCCC)c2cc(-c3sc(C=C4C(=O)c5ccccc5C4=O)cc3CCCCCC)ccc2-c2ccc(-c3sc(C=C4C(=O)c5ccccc5C4O)cc3CCCCCC)cc21. The van der Waals surface area contributed by atoms with Crippen LogP contribution in [0.15, 0.2) is 108 Å². The summed E-state index contributed by atoms with van der Waals surface area (Å²) >= 11 is 3.50. The Hall–Kier alpha value is -5.27. The van der Waals surface area contributed by atoms with Crippen LogP contribution in [-0.2, 0) is 18.3 Å². The Morgan fingerprint density at radius 2 is 0.880 bits per heavy atom. The van der Waals surface area contributed by atoms with Gasteiger partial charge in [0, 0.05) is 47.2 Å². The van der Waals surface area contributed by atoms with Crippen molar-refractivity contribution in [1.29, 1.82) is 0 Å². The molecule has 0 fully saturated rings. The largest absolute Gasteiger partial charge is 0.383 e. The molecular weight excluding hydrogens is 957 g/mol. The average Bonchev–Trinajstić information content (AvgIpc) is 4.24. The third-order valence-corrected chi connectivity index (χ3v) is 18.9. The maximum Gasteiger partial charge on any atom is 0.197 e. The topological polar surface area (TPSA) is 71.4 Å². The fraction of sp³-hybridized carbons (Fsp3) is 0.435. The van der Waals surface area contributed by atoms with Crippen molar-refractivity contribution >= 4 is 52.2 Å². The second kappa shape index (κ2) is 25.7. The van der Waals surface area contributed by atoms with Crippen LogP contribution < -0.4 is 0 Å². The van der Waals surface area contributed by atoms with E-state index in [-0.39, 0.29) is 28.3 Å². The van der Waals surface area contributed by atoms with Gasteiger partial charge in [0.2, 0.25) is 0 Å². The van der Waals surface area contributed by atoms with Gasteiger partial charge in [-0.2, -0.15) is 0 Å². The molecule has 6 aromatic rings. The number of benzene rings is 4. The first kappa shape index (κ1) is 54.5. The minimum atomic E-state index is -0.923. The first-order valence-electron chi connectivity index (χ1n) is 29.2. The van der Waals surface area contributed by atoms with E-state index in [0.29, 0.717) is 27.8 Å². The van der Waals surface area contributed by atoms with E-state index in [4.69, 9.17) is 0 Å². The lowest BCUT2D eigenvalue weighted by Gasteiger charge is -2.33. The standard InChI is InChI=1S/C69H80O4S2/c1-5-9-13-17-19-27-39-69(40-28-20-18-14-10-6-2)61-43-49(67-47(29-21-15-11-7-3)41-51(74-67)45-59-63(70)55-31-23-24-32-56(55)64(59)71)35-37-53(61)54-38-36-50(44-62(54)69)68-48(30-22-16-12-8-4)42-52(75-68)46-60-65(72)57-33-25-26-34-58(57)66(60)73/h23-26,31-38,41-46,63,70H,5-22,27-30,39-40H2,1-4H3. The summed E-state index contributed by atoms with van der Waals surface area (Å²) in [6.07, 6.45) is 31.4. The van der Waals surface area contributed by atoms with E-state index in [1.165, 1.54) is 170 Å². The van der Waals surface area contributed by atoms with Gasteiger partial charge in [0.25, 0.3) is 0 Å². The number of rotatable bonds is 28. The number of fused-ring (bicyclic) bond motifs is 5. The maximum atomic E-state index is 13.7. The Kier molecular flexibility index (Phi) is 18.7. The molecule has 3 aliphatic carbocycles. The van der Waals surface area contributed by atoms with Gasteiger partial charge >= 0.3 is 0 Å². The van der Waals surface area contributed by atoms with Crippen LogP contribution in [0.2, 0.25) is 0 Å². The van der Waals surface area contributed by atoms with Gasteiger partial charge in [-0.25, -0.2) is 0 Å². The molecular formula is C69H80O4S2. The Morgan fingerprint density at radius 3 is 1.36 bits per heavy atom. The number of allylic oxidation sites excluding steroid dienone is 1. The highest BCUT2D eigenvalue weighted by Gasteiger charge is 2.43. The predicted molar refractivity (Wildman–Crippen MR) is 318 cm³/mol. The Morgan fingerprint density at radius 1 is 0.453 bits per heavy atom. The molecule has 392 valence electrons. The number of unbranched alkanes of at least 4 members (excludes halogenated alkanes) is 16. The molecule has 9 rings (SSSR count). The molecule has 0 saturated carbocycles. The van der Waals surface area contributed by atoms with Crippen molar-refractivity contribution in [3.8, 4) is 32.0 Å². The van der Waals surface area contributed by atoms with Gasteiger partial charge in [-0.3, -0.25) is 14.4 Å². The zero-order chi connectivity index (χ0) is 52.3. The second-order valence-electron chi connectivity index (χ2n) is 21.9. The number of aliphatic hydroxyl groups is 1. The molecule has 0 aliphatic heterocycles. The van der Waals surface area contributed by atoms with E-state index in [0.717, 1.165) is 48.3 Å². The molecule has 2 heterocycles. The minimum Gasteiger partial charge on any atom is -0.383 e. The Labute approximate surface area is 456 Å². The van der Waals surface area contributed by atoms with Crippen molar-refractivity contribution in [2.75, 3.05) is 0 Å². The number of hydrogen-bond donors (Lipinski definition) is 1. The number of aliphatic hydroxyl groups excluding tert-OH is 1. The molecule has 1 atom stereocenters. The molecule has 4 nitrogen and oxygen atoms in total. The highest BCUT2D eigenvalue weighted by Crippen LogP contribution is 2.57. The van der Waals surface area contributed by atoms with Crippen LogP contribution in [0.1, 0.15) is 244 Å². The predicted octanol–water partition coefficient (Wildman–Crippen LogP) is 19.9. The van der Waals surface area contributed by atoms with Crippen molar-refractivity contribution in [1.82, 2.24) is 0 Å². The summed E-state index contributed by atoms with van der Waals surface area (Å²) in [6, 6.07) is 34.0. The number of ketones is 3. The molecule has 1 unspecified atom stereocenters. The van der Waals surface area contributed by atoms with E-state index in [1.807, 2.05) is 48.6 Å². The zero-order valence-corrected chi connectivity index (χ0v) is 47.1. The first-order chi connectivity index (χ1) is 36.7. The number of aryl methyl sites for hydroxylation is 2. The molecule has 0 saturated heterocycles. The molecule has 3 aliphatic rings. The minimum absolute atomic E-state index is 0.0780. The van der Waals surface area contributed by atoms with E-state index in [9.17, 15) is 19.5 Å². The van der Waals surface area contributed by atoms with E-state index in [2.05, 4.69) is 76.2 Å². The van der Waals surface area contributed by atoms with Crippen LogP contribution in [0.5, 0.6) is 0 Å². The summed E-state index contributed by atoms with van der Waals surface area (Å²) in [7, 11) is 0. The van der Waals surface area contributed by atoms with Crippen molar-refractivity contribution in [3.63, 3.8) is 0 Å². The van der Waals surface area contributed by atoms with Crippen LogP contribution in [-0.4, -0.2) is 22.5 Å². The van der Waals surface area contributed by atoms with Gasteiger partial charge in [-0.1, -0.05) is 216 Å². The molecule has 2 aromatic heterocycles. The Balaban J connectivity index is 1.15. The molecule has 0 bridgehead atoms. The fourth-order valence-electron chi connectivity index (χ4n) is 12.5. The zero-order valence-electron chi connectivity index (χ0n) is 45.4. The van der Waals surface area contributed by atoms with Gasteiger partial charge in [0.1, 0.15) is 6.10 Å². The van der Waals surface area contributed by atoms with Crippen LogP contribution in [0, 0.1) is 0 Å². The van der Waals surface area contributed by atoms with Crippen LogP contribution in [0.25, 0.3) is 44.2 Å². The number of hydrogen-bond acceptors (Lipinski definition) is 6.